The maximum Gasteiger partial charge on any atom is 0.0795 e. The molecule has 1 aliphatic carbocycles. The molecule has 1 unspecified atom stereocenters. The Morgan fingerprint density at radius 2 is 2.32 bits per heavy atom. The molecule has 0 saturated heterocycles. The number of hydrogen-bond donors (Lipinski definition) is 1. The summed E-state index contributed by atoms with van der Waals surface area (Å²) in [5, 5.41) is 2.12. The van der Waals surface area contributed by atoms with Crippen LogP contribution in [0.4, 0.5) is 0 Å². The van der Waals surface area contributed by atoms with Crippen molar-refractivity contribution < 1.29 is 0 Å². The van der Waals surface area contributed by atoms with Crippen LogP contribution in [-0.4, -0.2) is 9.55 Å². The van der Waals surface area contributed by atoms with Gasteiger partial charge in [0.2, 0.25) is 0 Å². The van der Waals surface area contributed by atoms with Gasteiger partial charge in [-0.2, -0.15) is 0 Å². The van der Waals surface area contributed by atoms with Crippen LogP contribution in [0.3, 0.4) is 0 Å². The molecule has 3 nitrogen and oxygen atoms in total. The number of fused-ring (bicyclic) bond motifs is 1. The molecule has 19 heavy (non-hydrogen) atoms. The number of thiazole rings is 1. The fraction of sp³-hybridized carbons (Fsp3) is 0.533. The van der Waals surface area contributed by atoms with Gasteiger partial charge in [-0.1, -0.05) is 13.8 Å². The second-order valence-corrected chi connectivity index (χ2v) is 7.12. The van der Waals surface area contributed by atoms with Crippen molar-refractivity contribution in [2.24, 2.45) is 11.1 Å². The van der Waals surface area contributed by atoms with Gasteiger partial charge in [-0.15, -0.1) is 11.3 Å². The Balaban J connectivity index is 2.02. The van der Waals surface area contributed by atoms with Crippen LogP contribution < -0.4 is 5.73 Å². The topological polar surface area (TPSA) is 43.8 Å². The third kappa shape index (κ3) is 2.35. The molecule has 0 spiro atoms. The molecular weight excluding hydrogens is 254 g/mol. The zero-order chi connectivity index (χ0) is 13.6. The van der Waals surface area contributed by atoms with Gasteiger partial charge in [0.05, 0.1) is 17.7 Å². The van der Waals surface area contributed by atoms with E-state index in [4.69, 9.17) is 5.73 Å². The first-order chi connectivity index (χ1) is 8.96. The number of nitrogens with two attached hydrogens (primary N) is 1. The Morgan fingerprint density at radius 3 is 3.00 bits per heavy atom. The largest absolute Gasteiger partial charge is 0.343 e. The minimum Gasteiger partial charge on any atom is -0.343 e. The van der Waals surface area contributed by atoms with Gasteiger partial charge < -0.3 is 10.3 Å². The van der Waals surface area contributed by atoms with E-state index in [-0.39, 0.29) is 11.5 Å². The Hall–Kier alpha value is -1.13. The summed E-state index contributed by atoms with van der Waals surface area (Å²) >= 11 is 1.66. The first-order valence-electron chi connectivity index (χ1n) is 6.78. The highest BCUT2D eigenvalue weighted by Crippen LogP contribution is 2.41. The molecule has 1 aliphatic rings. The Morgan fingerprint density at radius 1 is 1.53 bits per heavy atom. The minimum atomic E-state index is 0.175. The summed E-state index contributed by atoms with van der Waals surface area (Å²) in [7, 11) is 0. The van der Waals surface area contributed by atoms with Gasteiger partial charge in [-0.05, 0) is 36.8 Å². The molecule has 2 aromatic heterocycles. The zero-order valence-corrected chi connectivity index (χ0v) is 12.6. The van der Waals surface area contributed by atoms with Gasteiger partial charge in [-0.25, -0.2) is 4.98 Å². The van der Waals surface area contributed by atoms with Crippen LogP contribution in [0.2, 0.25) is 0 Å². The van der Waals surface area contributed by atoms with Crippen molar-refractivity contribution >= 4 is 11.3 Å². The lowest BCUT2D eigenvalue weighted by Crippen LogP contribution is -2.30. The SMILES string of the molecule is Cc1cc2c(n1Cc1cscn1)CC(C)(C)CC2N. The molecule has 2 heterocycles. The van der Waals surface area contributed by atoms with E-state index in [1.54, 1.807) is 11.3 Å². The van der Waals surface area contributed by atoms with Crippen LogP contribution >= 0.6 is 11.3 Å². The first-order valence-corrected chi connectivity index (χ1v) is 7.72. The Bertz CT molecular complexity index is 581. The molecule has 0 radical (unpaired) electrons. The first kappa shape index (κ1) is 12.9. The van der Waals surface area contributed by atoms with Crippen molar-refractivity contribution in [3.05, 3.63) is 39.6 Å². The summed E-state index contributed by atoms with van der Waals surface area (Å²) in [5.74, 6) is 0. The third-order valence-corrected chi connectivity index (χ3v) is 4.71. The van der Waals surface area contributed by atoms with Crippen LogP contribution in [-0.2, 0) is 13.0 Å². The summed E-state index contributed by atoms with van der Waals surface area (Å²) < 4.78 is 2.39. The molecule has 0 bridgehead atoms. The molecule has 2 aromatic rings. The molecule has 0 fully saturated rings. The zero-order valence-electron chi connectivity index (χ0n) is 11.8. The second-order valence-electron chi connectivity index (χ2n) is 6.41. The maximum absolute atomic E-state index is 6.35. The number of rotatable bonds is 2. The van der Waals surface area contributed by atoms with Crippen LogP contribution in [0.25, 0.3) is 0 Å². The number of nitrogens with zero attached hydrogens (tertiary/aromatic N) is 2. The highest BCUT2D eigenvalue weighted by molar-refractivity contribution is 7.07. The lowest BCUT2D eigenvalue weighted by molar-refractivity contribution is 0.275. The third-order valence-electron chi connectivity index (χ3n) is 4.07. The monoisotopic (exact) mass is 275 g/mol. The van der Waals surface area contributed by atoms with Crippen LogP contribution in [0.15, 0.2) is 17.0 Å². The molecule has 2 N–H and O–H groups in total. The molecule has 1 atom stereocenters. The standard InChI is InChI=1S/C15H21N3S/c1-10-4-12-13(16)5-15(2,3)6-14(12)18(10)7-11-8-19-9-17-11/h4,8-9,13H,5-7,16H2,1-3H3. The van der Waals surface area contributed by atoms with Crippen LogP contribution in [0.5, 0.6) is 0 Å². The maximum atomic E-state index is 6.35. The molecular formula is C15H21N3S. The summed E-state index contributed by atoms with van der Waals surface area (Å²) in [6.45, 7) is 7.66. The van der Waals surface area contributed by atoms with E-state index in [0.717, 1.165) is 25.1 Å². The van der Waals surface area contributed by atoms with Crippen molar-refractivity contribution in [2.45, 2.75) is 46.2 Å². The normalized spacial score (nSPS) is 21.4. The minimum absolute atomic E-state index is 0.175. The van der Waals surface area contributed by atoms with E-state index < -0.39 is 0 Å². The van der Waals surface area contributed by atoms with E-state index in [0.29, 0.717) is 0 Å². The fourth-order valence-corrected chi connectivity index (χ4v) is 3.75. The second kappa shape index (κ2) is 4.46. The Kier molecular flexibility index (Phi) is 3.02. The van der Waals surface area contributed by atoms with Gasteiger partial charge in [-0.3, -0.25) is 0 Å². The molecule has 0 aliphatic heterocycles. The summed E-state index contributed by atoms with van der Waals surface area (Å²) in [6, 6.07) is 2.44. The Labute approximate surface area is 118 Å². The van der Waals surface area contributed by atoms with Gasteiger partial charge >= 0.3 is 0 Å². The van der Waals surface area contributed by atoms with E-state index >= 15 is 0 Å². The lowest BCUT2D eigenvalue weighted by atomic mass is 9.74. The fourth-order valence-electron chi connectivity index (χ4n) is 3.20. The smallest absolute Gasteiger partial charge is 0.0795 e. The molecule has 102 valence electrons. The van der Waals surface area contributed by atoms with Gasteiger partial charge in [0, 0.05) is 22.8 Å². The number of hydrogen-bond acceptors (Lipinski definition) is 3. The predicted octanol–water partition coefficient (Wildman–Crippen LogP) is 3.27. The molecule has 0 amide bonds. The van der Waals surface area contributed by atoms with Gasteiger partial charge in [0.25, 0.3) is 0 Å². The van der Waals surface area contributed by atoms with Crippen molar-refractivity contribution in [1.29, 1.82) is 0 Å². The number of aryl methyl sites for hydroxylation is 1. The van der Waals surface area contributed by atoms with Crippen molar-refractivity contribution in [2.75, 3.05) is 0 Å². The molecule has 4 heteroatoms. The quantitative estimate of drug-likeness (QED) is 0.914. The van der Waals surface area contributed by atoms with Crippen molar-refractivity contribution in [3.8, 4) is 0 Å². The molecule has 3 rings (SSSR count). The van der Waals surface area contributed by atoms with Crippen molar-refractivity contribution in [1.82, 2.24) is 9.55 Å². The summed E-state index contributed by atoms with van der Waals surface area (Å²) in [6.07, 6.45) is 2.17. The van der Waals surface area contributed by atoms with Crippen molar-refractivity contribution in [3.63, 3.8) is 0 Å². The van der Waals surface area contributed by atoms with E-state index in [1.807, 2.05) is 5.51 Å². The van der Waals surface area contributed by atoms with Crippen LogP contribution in [0, 0.1) is 12.3 Å². The predicted molar refractivity (Wildman–Crippen MR) is 79.4 cm³/mol. The average Bonchev–Trinajstić information content (AvgIpc) is 2.90. The van der Waals surface area contributed by atoms with E-state index in [1.165, 1.54) is 17.0 Å². The summed E-state index contributed by atoms with van der Waals surface area (Å²) in [4.78, 5) is 4.40. The lowest BCUT2D eigenvalue weighted by Gasteiger charge is -2.34. The van der Waals surface area contributed by atoms with Gasteiger partial charge in [0.15, 0.2) is 0 Å². The molecule has 0 saturated carbocycles. The number of aromatic nitrogens is 2. The highest BCUT2D eigenvalue weighted by atomic mass is 32.1. The van der Waals surface area contributed by atoms with E-state index in [9.17, 15) is 0 Å². The molecule has 0 aromatic carbocycles. The summed E-state index contributed by atoms with van der Waals surface area (Å²) in [5.41, 5.74) is 13.7. The highest BCUT2D eigenvalue weighted by Gasteiger charge is 2.33. The average molecular weight is 275 g/mol. The van der Waals surface area contributed by atoms with E-state index in [2.05, 4.69) is 41.8 Å². The van der Waals surface area contributed by atoms with Gasteiger partial charge in [0.1, 0.15) is 0 Å². The van der Waals surface area contributed by atoms with Crippen LogP contribution in [0.1, 0.15) is 49.0 Å².